The molecule has 0 saturated carbocycles. The van der Waals surface area contributed by atoms with Crippen LogP contribution in [0.1, 0.15) is 18.5 Å². The third-order valence-corrected chi connectivity index (χ3v) is 5.80. The molecule has 150 valence electrons. The SMILES string of the molecule is CC(=O)Nc1ccc(S(=O)(=O)NC[C@@H](c2ccc3c(c2)OCO3)N(C)C)cc1. The van der Waals surface area contributed by atoms with Gasteiger partial charge >= 0.3 is 0 Å². The first-order valence-electron chi connectivity index (χ1n) is 8.69. The molecule has 1 heterocycles. The number of benzene rings is 2. The molecule has 1 aliphatic rings. The van der Waals surface area contributed by atoms with Crippen LogP contribution in [-0.2, 0) is 14.8 Å². The minimum absolute atomic E-state index is 0.129. The molecule has 2 aromatic carbocycles. The summed E-state index contributed by atoms with van der Waals surface area (Å²) in [6.45, 7) is 1.76. The van der Waals surface area contributed by atoms with Gasteiger partial charge in [-0.1, -0.05) is 6.07 Å². The van der Waals surface area contributed by atoms with E-state index in [0.29, 0.717) is 17.2 Å². The molecule has 9 heteroatoms. The molecular formula is C19H23N3O5S. The largest absolute Gasteiger partial charge is 0.454 e. The number of amides is 1. The molecular weight excluding hydrogens is 382 g/mol. The smallest absolute Gasteiger partial charge is 0.240 e. The molecule has 1 aliphatic heterocycles. The number of hydrogen-bond acceptors (Lipinski definition) is 6. The molecule has 0 saturated heterocycles. The highest BCUT2D eigenvalue weighted by Gasteiger charge is 2.22. The number of anilines is 1. The summed E-state index contributed by atoms with van der Waals surface area (Å²) in [4.78, 5) is 13.1. The van der Waals surface area contributed by atoms with Gasteiger partial charge in [0.05, 0.1) is 4.90 Å². The van der Waals surface area contributed by atoms with Crippen LogP contribution in [0.3, 0.4) is 0 Å². The van der Waals surface area contributed by atoms with Crippen molar-refractivity contribution in [1.82, 2.24) is 9.62 Å². The zero-order chi connectivity index (χ0) is 20.3. The van der Waals surface area contributed by atoms with Crippen molar-refractivity contribution in [3.05, 3.63) is 48.0 Å². The van der Waals surface area contributed by atoms with E-state index in [0.717, 1.165) is 5.56 Å². The lowest BCUT2D eigenvalue weighted by Gasteiger charge is -2.25. The summed E-state index contributed by atoms with van der Waals surface area (Å²) in [6, 6.07) is 11.4. The van der Waals surface area contributed by atoms with Crippen molar-refractivity contribution in [2.75, 3.05) is 32.7 Å². The highest BCUT2D eigenvalue weighted by molar-refractivity contribution is 7.89. The fourth-order valence-electron chi connectivity index (χ4n) is 2.91. The highest BCUT2D eigenvalue weighted by atomic mass is 32.2. The number of likely N-dealkylation sites (N-methyl/N-ethyl adjacent to an activating group) is 1. The normalized spacial score (nSPS) is 14.1. The van der Waals surface area contributed by atoms with Gasteiger partial charge in [-0.2, -0.15) is 0 Å². The van der Waals surface area contributed by atoms with E-state index in [4.69, 9.17) is 9.47 Å². The summed E-state index contributed by atoms with van der Waals surface area (Å²) in [6.07, 6.45) is 0. The third kappa shape index (κ3) is 4.61. The lowest BCUT2D eigenvalue weighted by molar-refractivity contribution is -0.114. The fourth-order valence-corrected chi connectivity index (χ4v) is 3.95. The number of nitrogens with one attached hydrogen (secondary N) is 2. The van der Waals surface area contributed by atoms with E-state index in [1.54, 1.807) is 12.1 Å². The van der Waals surface area contributed by atoms with Gasteiger partial charge < -0.3 is 19.7 Å². The van der Waals surface area contributed by atoms with Crippen molar-refractivity contribution in [2.24, 2.45) is 0 Å². The number of sulfonamides is 1. The number of rotatable bonds is 7. The van der Waals surface area contributed by atoms with Crippen molar-refractivity contribution < 1.29 is 22.7 Å². The van der Waals surface area contributed by atoms with Crippen LogP contribution in [0.15, 0.2) is 47.4 Å². The van der Waals surface area contributed by atoms with Gasteiger partial charge in [-0.25, -0.2) is 13.1 Å². The maximum absolute atomic E-state index is 12.6. The van der Waals surface area contributed by atoms with Crippen LogP contribution in [0.2, 0.25) is 0 Å². The van der Waals surface area contributed by atoms with Gasteiger partial charge in [0, 0.05) is 25.2 Å². The van der Waals surface area contributed by atoms with E-state index in [9.17, 15) is 13.2 Å². The van der Waals surface area contributed by atoms with Crippen molar-refractivity contribution in [1.29, 1.82) is 0 Å². The van der Waals surface area contributed by atoms with Gasteiger partial charge in [-0.3, -0.25) is 4.79 Å². The number of fused-ring (bicyclic) bond motifs is 1. The molecule has 0 bridgehead atoms. The lowest BCUT2D eigenvalue weighted by atomic mass is 10.1. The molecule has 1 amide bonds. The van der Waals surface area contributed by atoms with Crippen LogP contribution in [0.5, 0.6) is 11.5 Å². The average molecular weight is 405 g/mol. The Morgan fingerprint density at radius 3 is 2.43 bits per heavy atom. The maximum Gasteiger partial charge on any atom is 0.240 e. The van der Waals surface area contributed by atoms with E-state index in [-0.39, 0.29) is 30.2 Å². The van der Waals surface area contributed by atoms with Crippen molar-refractivity contribution in [2.45, 2.75) is 17.9 Å². The first-order valence-corrected chi connectivity index (χ1v) is 10.2. The molecule has 0 aromatic heterocycles. The molecule has 2 aromatic rings. The Morgan fingerprint density at radius 1 is 1.11 bits per heavy atom. The minimum Gasteiger partial charge on any atom is -0.454 e. The lowest BCUT2D eigenvalue weighted by Crippen LogP contribution is -2.34. The Labute approximate surface area is 164 Å². The topological polar surface area (TPSA) is 97.0 Å². The quantitative estimate of drug-likeness (QED) is 0.731. The van der Waals surface area contributed by atoms with Crippen molar-refractivity contribution >= 4 is 21.6 Å². The number of carbonyl (C=O) groups excluding carboxylic acids is 1. The molecule has 0 unspecified atom stereocenters. The molecule has 3 rings (SSSR count). The first kappa shape index (κ1) is 20.1. The monoisotopic (exact) mass is 405 g/mol. The van der Waals surface area contributed by atoms with Crippen LogP contribution in [0.25, 0.3) is 0 Å². The van der Waals surface area contributed by atoms with E-state index in [1.807, 2.05) is 37.2 Å². The van der Waals surface area contributed by atoms with Gasteiger partial charge in [0.2, 0.25) is 22.7 Å². The number of hydrogen-bond donors (Lipinski definition) is 2. The van der Waals surface area contributed by atoms with Gasteiger partial charge in [0.15, 0.2) is 11.5 Å². The van der Waals surface area contributed by atoms with Crippen LogP contribution in [-0.4, -0.2) is 46.7 Å². The van der Waals surface area contributed by atoms with Gasteiger partial charge in [0.25, 0.3) is 0 Å². The Kier molecular flexibility index (Phi) is 5.87. The van der Waals surface area contributed by atoms with Crippen LogP contribution in [0, 0.1) is 0 Å². The molecule has 1 atom stereocenters. The summed E-state index contributed by atoms with van der Waals surface area (Å²) >= 11 is 0. The van der Waals surface area contributed by atoms with Gasteiger partial charge in [-0.05, 0) is 56.1 Å². The van der Waals surface area contributed by atoms with Crippen molar-refractivity contribution in [3.63, 3.8) is 0 Å². The summed E-state index contributed by atoms with van der Waals surface area (Å²) in [5, 5.41) is 2.61. The molecule has 0 aliphatic carbocycles. The second-order valence-electron chi connectivity index (χ2n) is 6.65. The summed E-state index contributed by atoms with van der Waals surface area (Å²) in [5.41, 5.74) is 1.45. The number of nitrogens with zero attached hydrogens (tertiary/aromatic N) is 1. The van der Waals surface area contributed by atoms with E-state index >= 15 is 0 Å². The average Bonchev–Trinajstić information content (AvgIpc) is 3.09. The molecule has 0 radical (unpaired) electrons. The van der Waals surface area contributed by atoms with Crippen molar-refractivity contribution in [3.8, 4) is 11.5 Å². The Bertz CT molecular complexity index is 958. The number of ether oxygens (including phenoxy) is 2. The molecule has 28 heavy (non-hydrogen) atoms. The van der Waals surface area contributed by atoms with Gasteiger partial charge in [0.1, 0.15) is 0 Å². The summed E-state index contributed by atoms with van der Waals surface area (Å²) in [7, 11) is 0.0625. The molecule has 2 N–H and O–H groups in total. The van der Waals surface area contributed by atoms with Crippen LogP contribution >= 0.6 is 0 Å². The maximum atomic E-state index is 12.6. The van der Waals surface area contributed by atoms with Crippen LogP contribution < -0.4 is 19.5 Å². The Balaban J connectivity index is 1.73. The first-order chi connectivity index (χ1) is 13.3. The number of carbonyl (C=O) groups is 1. The van der Waals surface area contributed by atoms with Gasteiger partial charge in [-0.15, -0.1) is 0 Å². The summed E-state index contributed by atoms with van der Waals surface area (Å²) in [5.74, 6) is 1.12. The van der Waals surface area contributed by atoms with E-state index in [1.165, 1.54) is 19.1 Å². The predicted molar refractivity (Wildman–Crippen MR) is 105 cm³/mol. The standard InChI is InChI=1S/C19H23N3O5S/c1-13(23)21-15-5-7-16(8-6-15)28(24,25)20-11-17(22(2)3)14-4-9-18-19(10-14)27-12-26-18/h4-10,17,20H,11-12H2,1-3H3,(H,21,23)/t17-/m0/s1. The molecule has 0 spiro atoms. The highest BCUT2D eigenvalue weighted by Crippen LogP contribution is 2.35. The second kappa shape index (κ2) is 8.17. The van der Waals surface area contributed by atoms with E-state index in [2.05, 4.69) is 10.0 Å². The Hall–Kier alpha value is -2.62. The summed E-state index contributed by atoms with van der Waals surface area (Å²) < 4.78 is 38.7. The molecule has 8 nitrogen and oxygen atoms in total. The third-order valence-electron chi connectivity index (χ3n) is 4.36. The molecule has 0 fully saturated rings. The zero-order valence-corrected chi connectivity index (χ0v) is 16.7. The Morgan fingerprint density at radius 2 is 1.79 bits per heavy atom. The predicted octanol–water partition coefficient (Wildman–Crippen LogP) is 1.95. The second-order valence-corrected chi connectivity index (χ2v) is 8.42. The van der Waals surface area contributed by atoms with E-state index < -0.39 is 10.0 Å². The fraction of sp³-hybridized carbons (Fsp3) is 0.316. The zero-order valence-electron chi connectivity index (χ0n) is 15.9. The van der Waals surface area contributed by atoms with Crippen LogP contribution in [0.4, 0.5) is 5.69 Å². The minimum atomic E-state index is -3.70.